The van der Waals surface area contributed by atoms with Crippen LogP contribution < -0.4 is 4.74 Å². The van der Waals surface area contributed by atoms with Crippen LogP contribution in [0.1, 0.15) is 36.7 Å². The molecule has 136 valence electrons. The van der Waals surface area contributed by atoms with Crippen LogP contribution in [0.2, 0.25) is 0 Å². The van der Waals surface area contributed by atoms with E-state index in [1.54, 1.807) is 7.11 Å². The number of methoxy groups -OCH3 is 1. The molecule has 4 rings (SSSR count). The fourth-order valence-electron chi connectivity index (χ4n) is 3.63. The lowest BCUT2D eigenvalue weighted by Gasteiger charge is -2.32. The number of pyridine rings is 1. The lowest BCUT2D eigenvalue weighted by Crippen LogP contribution is -2.35. The molecule has 3 heterocycles. The predicted molar refractivity (Wildman–Crippen MR) is 108 cm³/mol. The van der Waals surface area contributed by atoms with Gasteiger partial charge >= 0.3 is 0 Å². The largest absolute Gasteiger partial charge is 0.503 e. The number of thioether (sulfide) groups is 1. The van der Waals surface area contributed by atoms with Crippen LogP contribution in [0.3, 0.4) is 0 Å². The van der Waals surface area contributed by atoms with Crippen LogP contribution in [0, 0.1) is 0 Å². The van der Waals surface area contributed by atoms with E-state index in [4.69, 9.17) is 9.73 Å². The molecule has 0 saturated carbocycles. The van der Waals surface area contributed by atoms with Crippen LogP contribution >= 0.6 is 27.7 Å². The van der Waals surface area contributed by atoms with Gasteiger partial charge in [-0.05, 0) is 52.2 Å². The van der Waals surface area contributed by atoms with Crippen LogP contribution in [0.25, 0.3) is 0 Å². The minimum absolute atomic E-state index is 0.0330. The molecule has 0 aliphatic carbocycles. The normalized spacial score (nSPS) is 24.5. The minimum atomic E-state index is -0.0748. The number of aromatic nitrogens is 1. The first-order valence-corrected chi connectivity index (χ1v) is 10.4. The molecule has 1 fully saturated rings. The summed E-state index contributed by atoms with van der Waals surface area (Å²) in [6.07, 6.45) is 2.88. The molecule has 26 heavy (non-hydrogen) atoms. The maximum atomic E-state index is 10.2. The first-order valence-electron chi connectivity index (χ1n) is 8.60. The van der Waals surface area contributed by atoms with Gasteiger partial charge in [0.2, 0.25) is 0 Å². The SMILES string of the molecule is CC[C@@H]1CSC2=N[C@@H](c3ccccn3)[C@@H](c3cc(Br)c(O)c(OC)c3)N21. The Morgan fingerprint density at radius 1 is 1.38 bits per heavy atom. The standard InChI is InChI=1S/C19H20BrN3O2S/c1-3-12-10-26-19-22-16(14-6-4-5-7-21-14)17(23(12)19)11-8-13(20)18(24)15(9-11)25-2/h4-9,12,16-17,24H,3,10H2,1-2H3/t12-,16+,17-/m1/s1. The fraction of sp³-hybridized carbons (Fsp3) is 0.368. The van der Waals surface area contributed by atoms with Gasteiger partial charge in [-0.2, -0.15) is 0 Å². The maximum absolute atomic E-state index is 10.2. The highest BCUT2D eigenvalue weighted by atomic mass is 79.9. The van der Waals surface area contributed by atoms with Gasteiger partial charge in [-0.1, -0.05) is 24.8 Å². The van der Waals surface area contributed by atoms with Gasteiger partial charge in [0, 0.05) is 18.0 Å². The number of phenolic OH excluding ortho intramolecular Hbond substituents is 1. The van der Waals surface area contributed by atoms with E-state index in [0.29, 0.717) is 16.3 Å². The summed E-state index contributed by atoms with van der Waals surface area (Å²) in [6.45, 7) is 2.21. The van der Waals surface area contributed by atoms with Crippen molar-refractivity contribution in [2.24, 2.45) is 4.99 Å². The summed E-state index contributed by atoms with van der Waals surface area (Å²) in [5.74, 6) is 1.63. The Morgan fingerprint density at radius 3 is 2.92 bits per heavy atom. The Hall–Kier alpha value is -1.73. The molecule has 1 aromatic heterocycles. The van der Waals surface area contributed by atoms with Crippen molar-refractivity contribution in [2.75, 3.05) is 12.9 Å². The highest BCUT2D eigenvalue weighted by molar-refractivity contribution is 9.10. The van der Waals surface area contributed by atoms with E-state index >= 15 is 0 Å². The molecule has 7 heteroatoms. The van der Waals surface area contributed by atoms with Crippen molar-refractivity contribution in [2.45, 2.75) is 31.5 Å². The van der Waals surface area contributed by atoms with Crippen molar-refractivity contribution in [3.63, 3.8) is 0 Å². The van der Waals surface area contributed by atoms with Crippen molar-refractivity contribution in [1.82, 2.24) is 9.88 Å². The maximum Gasteiger partial charge on any atom is 0.172 e. The average Bonchev–Trinajstić information content (AvgIpc) is 3.23. The molecular formula is C19H20BrN3O2S. The number of aromatic hydroxyl groups is 1. The van der Waals surface area contributed by atoms with Crippen molar-refractivity contribution >= 4 is 32.9 Å². The molecule has 0 spiro atoms. The molecule has 1 saturated heterocycles. The number of hydrogen-bond donors (Lipinski definition) is 1. The number of halogens is 1. The Bertz CT molecular complexity index is 846. The number of ether oxygens (including phenoxy) is 1. The zero-order chi connectivity index (χ0) is 18.3. The first kappa shape index (κ1) is 17.7. The summed E-state index contributed by atoms with van der Waals surface area (Å²) in [5, 5.41) is 11.3. The molecule has 0 bridgehead atoms. The van der Waals surface area contributed by atoms with Crippen molar-refractivity contribution < 1.29 is 9.84 Å². The summed E-state index contributed by atoms with van der Waals surface area (Å²) in [5.41, 5.74) is 2.01. The third-order valence-electron chi connectivity index (χ3n) is 4.94. The van der Waals surface area contributed by atoms with E-state index in [1.165, 1.54) is 0 Å². The Morgan fingerprint density at radius 2 is 2.23 bits per heavy atom. The topological polar surface area (TPSA) is 58.0 Å². The number of amidine groups is 1. The Labute approximate surface area is 165 Å². The molecule has 0 unspecified atom stereocenters. The molecule has 2 aliphatic rings. The lowest BCUT2D eigenvalue weighted by atomic mass is 9.95. The molecule has 0 radical (unpaired) electrons. The van der Waals surface area contributed by atoms with Gasteiger partial charge in [-0.3, -0.25) is 9.98 Å². The number of nitrogens with zero attached hydrogens (tertiary/aromatic N) is 3. The number of benzene rings is 1. The van der Waals surface area contributed by atoms with Gasteiger partial charge in [0.1, 0.15) is 6.04 Å². The molecule has 0 amide bonds. The average molecular weight is 434 g/mol. The van der Waals surface area contributed by atoms with Crippen LogP contribution in [0.4, 0.5) is 0 Å². The summed E-state index contributed by atoms with van der Waals surface area (Å²) < 4.78 is 6.00. The quantitative estimate of drug-likeness (QED) is 0.766. The molecule has 1 N–H and O–H groups in total. The van der Waals surface area contributed by atoms with Crippen molar-refractivity contribution in [3.05, 3.63) is 52.3 Å². The number of fused-ring (bicyclic) bond motifs is 1. The van der Waals surface area contributed by atoms with E-state index in [9.17, 15) is 5.11 Å². The second kappa shape index (κ2) is 7.12. The molecule has 3 atom stereocenters. The van der Waals surface area contributed by atoms with Crippen LogP contribution in [-0.4, -0.2) is 39.1 Å². The van der Waals surface area contributed by atoms with Gasteiger partial charge in [-0.25, -0.2) is 0 Å². The van der Waals surface area contributed by atoms with Gasteiger partial charge < -0.3 is 14.7 Å². The lowest BCUT2D eigenvalue weighted by molar-refractivity contribution is 0.254. The summed E-state index contributed by atoms with van der Waals surface area (Å²) >= 11 is 5.27. The molecule has 2 aromatic rings. The second-order valence-electron chi connectivity index (χ2n) is 6.39. The number of rotatable bonds is 4. The van der Waals surface area contributed by atoms with Crippen LogP contribution in [0.5, 0.6) is 11.5 Å². The van der Waals surface area contributed by atoms with E-state index in [2.05, 4.69) is 32.7 Å². The minimum Gasteiger partial charge on any atom is -0.503 e. The monoisotopic (exact) mass is 433 g/mol. The van der Waals surface area contributed by atoms with Crippen molar-refractivity contribution in [1.29, 1.82) is 0 Å². The first-order chi connectivity index (χ1) is 12.6. The number of hydrogen-bond acceptors (Lipinski definition) is 6. The summed E-state index contributed by atoms with van der Waals surface area (Å²) in [4.78, 5) is 12.0. The number of aliphatic imine (C=N–C) groups is 1. The molecule has 1 aromatic carbocycles. The van der Waals surface area contributed by atoms with E-state index in [0.717, 1.165) is 28.6 Å². The Balaban J connectivity index is 1.83. The van der Waals surface area contributed by atoms with Gasteiger partial charge in [0.15, 0.2) is 16.7 Å². The predicted octanol–water partition coefficient (Wildman–Crippen LogP) is 4.54. The molecule has 5 nitrogen and oxygen atoms in total. The van der Waals surface area contributed by atoms with E-state index in [1.807, 2.05) is 48.3 Å². The highest BCUT2D eigenvalue weighted by Gasteiger charge is 2.45. The molecule has 2 aliphatic heterocycles. The van der Waals surface area contributed by atoms with Crippen molar-refractivity contribution in [3.8, 4) is 11.5 Å². The van der Waals surface area contributed by atoms with E-state index < -0.39 is 0 Å². The fourth-order valence-corrected chi connectivity index (χ4v) is 5.43. The number of phenols is 1. The van der Waals surface area contributed by atoms with E-state index in [-0.39, 0.29) is 17.8 Å². The second-order valence-corrected chi connectivity index (χ2v) is 8.23. The third-order valence-corrected chi connectivity index (χ3v) is 6.67. The third kappa shape index (κ3) is 2.87. The van der Waals surface area contributed by atoms with Gasteiger partial charge in [0.25, 0.3) is 0 Å². The van der Waals surface area contributed by atoms with Gasteiger partial charge in [0.05, 0.1) is 23.3 Å². The Kier molecular flexibility index (Phi) is 4.84. The van der Waals surface area contributed by atoms with Crippen LogP contribution in [-0.2, 0) is 0 Å². The summed E-state index contributed by atoms with van der Waals surface area (Å²) in [6, 6.07) is 10.2. The zero-order valence-corrected chi connectivity index (χ0v) is 17.0. The summed E-state index contributed by atoms with van der Waals surface area (Å²) in [7, 11) is 1.57. The van der Waals surface area contributed by atoms with Crippen LogP contribution in [0.15, 0.2) is 46.0 Å². The molecular weight excluding hydrogens is 414 g/mol. The highest BCUT2D eigenvalue weighted by Crippen LogP contribution is 2.50. The zero-order valence-electron chi connectivity index (χ0n) is 14.6. The van der Waals surface area contributed by atoms with Gasteiger partial charge in [-0.15, -0.1) is 0 Å². The smallest absolute Gasteiger partial charge is 0.172 e.